The van der Waals surface area contributed by atoms with Crippen molar-refractivity contribution in [2.45, 2.75) is 35.3 Å². The van der Waals surface area contributed by atoms with E-state index in [0.29, 0.717) is 16.6 Å². The van der Waals surface area contributed by atoms with E-state index in [1.807, 2.05) is 24.3 Å². The second kappa shape index (κ2) is 10.3. The van der Waals surface area contributed by atoms with Gasteiger partial charge in [0.1, 0.15) is 0 Å². The average Bonchev–Trinajstić information content (AvgIpc) is 3.33. The number of carbonyl (C=O) groups excluding carboxylic acids is 1. The first-order chi connectivity index (χ1) is 15.8. The Bertz CT molecular complexity index is 1200. The van der Waals surface area contributed by atoms with E-state index < -0.39 is 15.7 Å². The molecule has 2 aromatic carbocycles. The molecular weight excluding hydrogens is 483 g/mol. The summed E-state index contributed by atoms with van der Waals surface area (Å²) in [6.07, 6.45) is 3.43. The molecule has 33 heavy (non-hydrogen) atoms. The Kier molecular flexibility index (Phi) is 7.44. The minimum Gasteiger partial charge on any atom is -0.439 e. The van der Waals surface area contributed by atoms with Gasteiger partial charge in [-0.15, -0.1) is 0 Å². The number of benzene rings is 2. The van der Waals surface area contributed by atoms with Crippen molar-refractivity contribution < 1.29 is 17.6 Å². The van der Waals surface area contributed by atoms with Gasteiger partial charge in [0.05, 0.1) is 10.9 Å². The van der Waals surface area contributed by atoms with Crippen LogP contribution in [0.25, 0.3) is 0 Å². The van der Waals surface area contributed by atoms with Crippen molar-refractivity contribution in [3.05, 3.63) is 82.0 Å². The van der Waals surface area contributed by atoms with Crippen molar-refractivity contribution >= 4 is 38.9 Å². The Morgan fingerprint density at radius 3 is 2.15 bits per heavy atom. The van der Waals surface area contributed by atoms with E-state index in [2.05, 4.69) is 10.2 Å². The minimum absolute atomic E-state index is 0.0150. The highest BCUT2D eigenvalue weighted by Gasteiger charge is 2.26. The molecule has 0 aliphatic carbocycles. The van der Waals surface area contributed by atoms with E-state index >= 15 is 0 Å². The SMILES string of the molecule is O=C(NCC(c1ccc(Cl)cc1)N1CCCCC1)c1ccc(S(=O)(=O)c2ccc(Cl)cc2)o1. The zero-order chi connectivity index (χ0) is 23.4. The fraction of sp³-hybridized carbons (Fsp3) is 0.292. The van der Waals surface area contributed by atoms with Crippen LogP contribution in [-0.4, -0.2) is 38.9 Å². The largest absolute Gasteiger partial charge is 0.439 e. The van der Waals surface area contributed by atoms with Crippen LogP contribution in [0.3, 0.4) is 0 Å². The summed E-state index contributed by atoms with van der Waals surface area (Å²) >= 11 is 11.9. The molecule has 0 radical (unpaired) electrons. The third kappa shape index (κ3) is 5.61. The molecule has 0 saturated carbocycles. The van der Waals surface area contributed by atoms with Gasteiger partial charge in [0, 0.05) is 16.6 Å². The monoisotopic (exact) mass is 506 g/mol. The van der Waals surface area contributed by atoms with Crippen LogP contribution in [0.2, 0.25) is 10.0 Å². The Morgan fingerprint density at radius 1 is 0.909 bits per heavy atom. The van der Waals surface area contributed by atoms with Gasteiger partial charge < -0.3 is 9.73 Å². The maximum Gasteiger partial charge on any atom is 0.287 e. The van der Waals surface area contributed by atoms with Gasteiger partial charge in [0.2, 0.25) is 14.9 Å². The van der Waals surface area contributed by atoms with E-state index in [9.17, 15) is 13.2 Å². The summed E-state index contributed by atoms with van der Waals surface area (Å²) < 4.78 is 31.0. The molecular formula is C24H24Cl2N2O4S. The maximum absolute atomic E-state index is 12.8. The number of rotatable bonds is 7. The number of nitrogens with one attached hydrogen (secondary N) is 1. The van der Waals surface area contributed by atoms with Gasteiger partial charge >= 0.3 is 0 Å². The number of hydrogen-bond donors (Lipinski definition) is 1. The summed E-state index contributed by atoms with van der Waals surface area (Å²) in [4.78, 5) is 15.2. The fourth-order valence-electron chi connectivity index (χ4n) is 3.97. The van der Waals surface area contributed by atoms with Gasteiger partial charge in [-0.3, -0.25) is 9.69 Å². The molecule has 1 saturated heterocycles. The van der Waals surface area contributed by atoms with Crippen LogP contribution >= 0.6 is 23.2 Å². The first kappa shape index (κ1) is 23.8. The molecule has 174 valence electrons. The fourth-order valence-corrected chi connectivity index (χ4v) is 5.39. The summed E-state index contributed by atoms with van der Waals surface area (Å²) in [5, 5.41) is 3.70. The highest BCUT2D eigenvalue weighted by Crippen LogP contribution is 2.27. The molecule has 0 bridgehead atoms. The predicted molar refractivity (Wildman–Crippen MR) is 128 cm³/mol. The lowest BCUT2D eigenvalue weighted by Gasteiger charge is -2.35. The van der Waals surface area contributed by atoms with Crippen molar-refractivity contribution in [1.82, 2.24) is 10.2 Å². The van der Waals surface area contributed by atoms with Gasteiger partial charge in [-0.1, -0.05) is 41.8 Å². The molecule has 2 heterocycles. The van der Waals surface area contributed by atoms with Gasteiger partial charge in [0.15, 0.2) is 5.76 Å². The number of furan rings is 1. The lowest BCUT2D eigenvalue weighted by Crippen LogP contribution is -2.40. The van der Waals surface area contributed by atoms with Gasteiger partial charge in [-0.05, 0) is 80.0 Å². The predicted octanol–water partition coefficient (Wildman–Crippen LogP) is 5.38. The Hall–Kier alpha value is -2.32. The van der Waals surface area contributed by atoms with Crippen LogP contribution in [0, 0.1) is 0 Å². The summed E-state index contributed by atoms with van der Waals surface area (Å²) in [5.74, 6) is -0.528. The molecule has 6 nitrogen and oxygen atoms in total. The van der Waals surface area contributed by atoms with Crippen molar-refractivity contribution in [1.29, 1.82) is 0 Å². The standard InChI is InChI=1S/C24H24Cl2N2O4S/c25-18-6-4-17(5-7-18)21(28-14-2-1-3-15-28)16-27-24(29)22-12-13-23(32-22)33(30,31)20-10-8-19(26)9-11-20/h4-13,21H,1-3,14-16H2,(H,27,29). The second-order valence-corrected chi connectivity index (χ2v) is 10.7. The van der Waals surface area contributed by atoms with Crippen molar-refractivity contribution in [3.63, 3.8) is 0 Å². The first-order valence-electron chi connectivity index (χ1n) is 10.7. The molecule has 0 spiro atoms. The highest BCUT2D eigenvalue weighted by atomic mass is 35.5. The average molecular weight is 507 g/mol. The third-order valence-electron chi connectivity index (χ3n) is 5.74. The second-order valence-electron chi connectivity index (χ2n) is 7.95. The lowest BCUT2D eigenvalue weighted by atomic mass is 10.0. The minimum atomic E-state index is -3.89. The number of hydrogen-bond acceptors (Lipinski definition) is 5. The van der Waals surface area contributed by atoms with E-state index in [-0.39, 0.29) is 21.8 Å². The summed E-state index contributed by atoms with van der Waals surface area (Å²) in [6, 6.07) is 16.0. The molecule has 1 unspecified atom stereocenters. The highest BCUT2D eigenvalue weighted by molar-refractivity contribution is 7.91. The van der Waals surface area contributed by atoms with Crippen molar-refractivity contribution in [3.8, 4) is 0 Å². The number of likely N-dealkylation sites (tertiary alicyclic amines) is 1. The topological polar surface area (TPSA) is 79.6 Å². The molecule has 1 aliphatic rings. The zero-order valence-electron chi connectivity index (χ0n) is 17.8. The number of carbonyl (C=O) groups is 1. The van der Waals surface area contributed by atoms with E-state index in [1.54, 1.807) is 0 Å². The molecule has 1 fully saturated rings. The molecule has 1 aromatic heterocycles. The summed E-state index contributed by atoms with van der Waals surface area (Å²) in [7, 11) is -3.89. The van der Waals surface area contributed by atoms with E-state index in [4.69, 9.17) is 27.6 Å². The number of sulfone groups is 1. The Morgan fingerprint density at radius 2 is 1.52 bits per heavy atom. The lowest BCUT2D eigenvalue weighted by molar-refractivity contribution is 0.0892. The molecule has 1 amide bonds. The molecule has 1 atom stereocenters. The first-order valence-corrected chi connectivity index (χ1v) is 13.0. The zero-order valence-corrected chi connectivity index (χ0v) is 20.2. The molecule has 9 heteroatoms. The Balaban J connectivity index is 1.48. The van der Waals surface area contributed by atoms with Crippen LogP contribution in [0.4, 0.5) is 0 Å². The smallest absolute Gasteiger partial charge is 0.287 e. The third-order valence-corrected chi connectivity index (χ3v) is 7.88. The molecule has 3 aromatic rings. The Labute approximate surface area is 203 Å². The molecule has 4 rings (SSSR count). The van der Waals surface area contributed by atoms with Crippen LogP contribution in [0.15, 0.2) is 75.1 Å². The van der Waals surface area contributed by atoms with Crippen molar-refractivity contribution in [2.24, 2.45) is 0 Å². The number of amides is 1. The van der Waals surface area contributed by atoms with Crippen LogP contribution in [0.1, 0.15) is 41.4 Å². The number of halogens is 2. The van der Waals surface area contributed by atoms with Crippen molar-refractivity contribution in [2.75, 3.05) is 19.6 Å². The molecule has 1 N–H and O–H groups in total. The van der Waals surface area contributed by atoms with Gasteiger partial charge in [-0.2, -0.15) is 0 Å². The van der Waals surface area contributed by atoms with E-state index in [0.717, 1.165) is 31.5 Å². The van der Waals surface area contributed by atoms with Crippen LogP contribution in [0.5, 0.6) is 0 Å². The molecule has 1 aliphatic heterocycles. The number of piperidine rings is 1. The van der Waals surface area contributed by atoms with Crippen LogP contribution < -0.4 is 5.32 Å². The maximum atomic E-state index is 12.8. The van der Waals surface area contributed by atoms with E-state index in [1.165, 1.54) is 42.8 Å². The normalized spacial score (nSPS) is 15.8. The van der Waals surface area contributed by atoms with Gasteiger partial charge in [-0.25, -0.2) is 8.42 Å². The number of nitrogens with zero attached hydrogens (tertiary/aromatic N) is 1. The quantitative estimate of drug-likeness (QED) is 0.465. The summed E-state index contributed by atoms with van der Waals surface area (Å²) in [6.45, 7) is 2.27. The van der Waals surface area contributed by atoms with Gasteiger partial charge in [0.25, 0.3) is 5.91 Å². The summed E-state index contributed by atoms with van der Waals surface area (Å²) in [5.41, 5.74) is 1.06. The van der Waals surface area contributed by atoms with Crippen LogP contribution in [-0.2, 0) is 9.84 Å².